The Balaban J connectivity index is 1.39. The molecule has 0 saturated heterocycles. The lowest BCUT2D eigenvalue weighted by Gasteiger charge is -2.13. The van der Waals surface area contributed by atoms with E-state index in [1.807, 2.05) is 54.8 Å². The molecule has 1 aromatic heterocycles. The van der Waals surface area contributed by atoms with E-state index < -0.39 is 0 Å². The molecule has 0 bridgehead atoms. The molecule has 6 nitrogen and oxygen atoms in total. The van der Waals surface area contributed by atoms with Crippen LogP contribution in [0.2, 0.25) is 0 Å². The molecule has 1 heterocycles. The van der Waals surface area contributed by atoms with Gasteiger partial charge in [0, 0.05) is 10.9 Å². The Morgan fingerprint density at radius 3 is 2.31 bits per heavy atom. The van der Waals surface area contributed by atoms with Crippen molar-refractivity contribution in [1.29, 1.82) is 0 Å². The summed E-state index contributed by atoms with van der Waals surface area (Å²) in [7, 11) is 0. The van der Waals surface area contributed by atoms with Crippen LogP contribution in [0, 0.1) is 0 Å². The maximum Gasteiger partial charge on any atom is 0.255 e. The highest BCUT2D eigenvalue weighted by Gasteiger charge is 2.11. The maximum atomic E-state index is 12.8. The van der Waals surface area contributed by atoms with Gasteiger partial charge in [0.15, 0.2) is 5.75 Å². The van der Waals surface area contributed by atoms with Crippen LogP contribution >= 0.6 is 11.3 Å². The van der Waals surface area contributed by atoms with Crippen LogP contribution in [0.3, 0.4) is 0 Å². The number of hydrogen-bond acceptors (Lipinski definition) is 6. The molecule has 0 spiro atoms. The van der Waals surface area contributed by atoms with Crippen LogP contribution in [0.25, 0.3) is 0 Å². The molecular weight excluding hydrogens is 424 g/mol. The van der Waals surface area contributed by atoms with E-state index in [0.717, 1.165) is 11.4 Å². The van der Waals surface area contributed by atoms with E-state index in [9.17, 15) is 4.79 Å². The normalized spacial score (nSPS) is 10.4. The summed E-state index contributed by atoms with van der Waals surface area (Å²) in [5, 5.41) is 4.85. The first kappa shape index (κ1) is 21.4. The minimum atomic E-state index is -0.237. The van der Waals surface area contributed by atoms with Gasteiger partial charge in [0.1, 0.15) is 23.9 Å². The topological polar surface area (TPSA) is 69.7 Å². The first-order chi connectivity index (χ1) is 15.7. The number of nitrogens with zero attached hydrogens (tertiary/aromatic N) is 1. The molecular formula is C25H22N2O4S. The number of para-hydroxylation sites is 2. The fourth-order valence-corrected chi connectivity index (χ4v) is 3.46. The quantitative estimate of drug-likeness (QED) is 0.333. The fraction of sp³-hybridized carbons (Fsp3) is 0.120. The molecule has 1 amide bonds. The number of aromatic nitrogens is 1. The zero-order valence-corrected chi connectivity index (χ0v) is 18.3. The first-order valence-corrected chi connectivity index (χ1v) is 11.1. The molecule has 0 unspecified atom stereocenters. The zero-order chi connectivity index (χ0) is 22.2. The summed E-state index contributed by atoms with van der Waals surface area (Å²) in [6.45, 7) is 2.94. The van der Waals surface area contributed by atoms with Crippen molar-refractivity contribution in [1.82, 2.24) is 4.98 Å². The van der Waals surface area contributed by atoms with Crippen molar-refractivity contribution in [2.75, 3.05) is 11.9 Å². The van der Waals surface area contributed by atoms with Crippen molar-refractivity contribution in [2.45, 2.75) is 13.5 Å². The van der Waals surface area contributed by atoms with Crippen molar-refractivity contribution in [3.8, 4) is 23.0 Å². The summed E-state index contributed by atoms with van der Waals surface area (Å²) >= 11 is 1.53. The molecule has 4 rings (SSSR count). The average molecular weight is 447 g/mol. The summed E-state index contributed by atoms with van der Waals surface area (Å²) in [5.74, 6) is 2.41. The minimum absolute atomic E-state index is 0.237. The van der Waals surface area contributed by atoms with Gasteiger partial charge in [-0.15, -0.1) is 11.3 Å². The largest absolute Gasteiger partial charge is 0.494 e. The smallest absolute Gasteiger partial charge is 0.255 e. The second-order valence-electron chi connectivity index (χ2n) is 6.75. The molecule has 0 fully saturated rings. The van der Waals surface area contributed by atoms with E-state index in [4.69, 9.17) is 14.2 Å². The van der Waals surface area contributed by atoms with Crippen LogP contribution in [-0.2, 0) is 6.61 Å². The third-order valence-electron chi connectivity index (χ3n) is 4.48. The Labute approximate surface area is 190 Å². The highest BCUT2D eigenvalue weighted by Crippen LogP contribution is 2.30. The number of anilines is 1. The van der Waals surface area contributed by atoms with Crippen molar-refractivity contribution in [2.24, 2.45) is 0 Å². The monoisotopic (exact) mass is 446 g/mol. The number of rotatable bonds is 9. The van der Waals surface area contributed by atoms with E-state index >= 15 is 0 Å². The summed E-state index contributed by atoms with van der Waals surface area (Å²) in [6, 6.07) is 21.6. The van der Waals surface area contributed by atoms with Crippen LogP contribution < -0.4 is 19.5 Å². The molecule has 32 heavy (non-hydrogen) atoms. The van der Waals surface area contributed by atoms with Crippen molar-refractivity contribution in [3.63, 3.8) is 0 Å². The molecule has 0 aliphatic rings. The third-order valence-corrected chi connectivity index (χ3v) is 5.12. The number of carbonyl (C=O) groups is 1. The molecule has 0 atom stereocenters. The van der Waals surface area contributed by atoms with E-state index in [1.165, 1.54) is 11.3 Å². The Kier molecular flexibility index (Phi) is 6.99. The molecule has 0 aliphatic heterocycles. The highest BCUT2D eigenvalue weighted by atomic mass is 32.1. The summed E-state index contributed by atoms with van der Waals surface area (Å²) < 4.78 is 17.1. The number of hydrogen-bond donors (Lipinski definition) is 1. The Hall–Kier alpha value is -3.84. The van der Waals surface area contributed by atoms with E-state index in [0.29, 0.717) is 41.7 Å². The zero-order valence-electron chi connectivity index (χ0n) is 17.5. The van der Waals surface area contributed by atoms with E-state index in [1.54, 1.807) is 35.8 Å². The van der Waals surface area contributed by atoms with Gasteiger partial charge in [-0.1, -0.05) is 12.1 Å². The van der Waals surface area contributed by atoms with Crippen molar-refractivity contribution in [3.05, 3.63) is 94.9 Å². The lowest BCUT2D eigenvalue weighted by atomic mass is 10.2. The van der Waals surface area contributed by atoms with Crippen molar-refractivity contribution >= 4 is 22.9 Å². The fourth-order valence-electron chi connectivity index (χ4n) is 2.92. The van der Waals surface area contributed by atoms with E-state index in [-0.39, 0.29) is 5.91 Å². The average Bonchev–Trinajstić information content (AvgIpc) is 3.34. The standard InChI is InChI=1S/C25H22N2O4S/c1-2-29-20-11-13-22(14-12-20)31-24-6-4-3-5-23(24)27-25(28)18-7-9-21(10-8-18)30-15-19-16-32-17-26-19/h3-14,16-17H,2,15H2,1H3,(H,27,28). The van der Waals surface area contributed by atoms with Crippen LogP contribution in [0.15, 0.2) is 83.7 Å². The van der Waals surface area contributed by atoms with Gasteiger partial charge in [-0.2, -0.15) is 0 Å². The predicted molar refractivity (Wildman–Crippen MR) is 125 cm³/mol. The Morgan fingerprint density at radius 1 is 0.906 bits per heavy atom. The number of amides is 1. The molecule has 4 aromatic rings. The lowest BCUT2D eigenvalue weighted by Crippen LogP contribution is -2.12. The van der Waals surface area contributed by atoms with Gasteiger partial charge in [-0.05, 0) is 67.6 Å². The third kappa shape index (κ3) is 5.65. The van der Waals surface area contributed by atoms with Gasteiger partial charge >= 0.3 is 0 Å². The van der Waals surface area contributed by atoms with Crippen LogP contribution in [0.5, 0.6) is 23.0 Å². The van der Waals surface area contributed by atoms with Gasteiger partial charge < -0.3 is 19.5 Å². The molecule has 0 saturated carbocycles. The summed E-state index contributed by atoms with van der Waals surface area (Å²) in [5.41, 5.74) is 3.74. The van der Waals surface area contributed by atoms with Gasteiger partial charge in [0.25, 0.3) is 5.91 Å². The maximum absolute atomic E-state index is 12.8. The number of benzene rings is 3. The Morgan fingerprint density at radius 2 is 1.59 bits per heavy atom. The van der Waals surface area contributed by atoms with Crippen LogP contribution in [-0.4, -0.2) is 17.5 Å². The second kappa shape index (κ2) is 10.5. The first-order valence-electron chi connectivity index (χ1n) is 10.1. The van der Waals surface area contributed by atoms with Gasteiger partial charge in [0.05, 0.1) is 23.5 Å². The SMILES string of the molecule is CCOc1ccc(Oc2ccccc2NC(=O)c2ccc(OCc3cscn3)cc2)cc1. The number of ether oxygens (including phenoxy) is 3. The molecule has 162 valence electrons. The second-order valence-corrected chi connectivity index (χ2v) is 7.47. The predicted octanol–water partition coefficient (Wildman–Crippen LogP) is 6.17. The van der Waals surface area contributed by atoms with E-state index in [2.05, 4.69) is 10.3 Å². The number of carbonyl (C=O) groups excluding carboxylic acids is 1. The number of nitrogens with one attached hydrogen (secondary N) is 1. The van der Waals surface area contributed by atoms with Crippen LogP contribution in [0.1, 0.15) is 23.0 Å². The summed E-state index contributed by atoms with van der Waals surface area (Å²) in [4.78, 5) is 16.9. The van der Waals surface area contributed by atoms with Crippen molar-refractivity contribution < 1.29 is 19.0 Å². The summed E-state index contributed by atoms with van der Waals surface area (Å²) in [6.07, 6.45) is 0. The van der Waals surface area contributed by atoms with Gasteiger partial charge in [-0.25, -0.2) is 4.98 Å². The molecule has 7 heteroatoms. The minimum Gasteiger partial charge on any atom is -0.494 e. The Bertz CT molecular complexity index is 1140. The molecule has 3 aromatic carbocycles. The molecule has 0 radical (unpaired) electrons. The lowest BCUT2D eigenvalue weighted by molar-refractivity contribution is 0.102. The van der Waals surface area contributed by atoms with Crippen LogP contribution in [0.4, 0.5) is 5.69 Å². The highest BCUT2D eigenvalue weighted by molar-refractivity contribution is 7.07. The van der Waals surface area contributed by atoms with Gasteiger partial charge in [-0.3, -0.25) is 4.79 Å². The number of thiazole rings is 1. The van der Waals surface area contributed by atoms with Gasteiger partial charge in [0.2, 0.25) is 0 Å². The molecule has 0 aliphatic carbocycles. The molecule has 1 N–H and O–H groups in total.